The van der Waals surface area contributed by atoms with Gasteiger partial charge in [-0.15, -0.1) is 0 Å². The van der Waals surface area contributed by atoms with Gasteiger partial charge in [0.15, 0.2) is 0 Å². The zero-order chi connectivity index (χ0) is 11.7. The first-order chi connectivity index (χ1) is 7.10. The van der Waals surface area contributed by atoms with Gasteiger partial charge in [0.1, 0.15) is 0 Å². The van der Waals surface area contributed by atoms with Gasteiger partial charge in [0.25, 0.3) is 0 Å². The molecule has 2 amide bonds. The molecule has 15 heavy (non-hydrogen) atoms. The summed E-state index contributed by atoms with van der Waals surface area (Å²) in [6, 6.07) is 0.131. The monoisotopic (exact) mass is 213 g/mol. The van der Waals surface area contributed by atoms with Crippen LogP contribution in [0.25, 0.3) is 0 Å². The van der Waals surface area contributed by atoms with Gasteiger partial charge in [0.2, 0.25) is 11.8 Å². The zero-order valence-electron chi connectivity index (χ0n) is 9.64. The predicted octanol–water partition coefficient (Wildman–Crippen LogP) is 1.02. The van der Waals surface area contributed by atoms with E-state index < -0.39 is 0 Å². The van der Waals surface area contributed by atoms with E-state index in [9.17, 15) is 9.59 Å². The minimum atomic E-state index is -0.0150. The Bertz CT molecular complexity index is 205. The van der Waals surface area contributed by atoms with Crippen LogP contribution in [0.2, 0.25) is 0 Å². The molecule has 0 aliphatic heterocycles. The highest BCUT2D eigenvalue weighted by molar-refractivity contribution is 5.75. The molecule has 0 heterocycles. The molecule has 0 aromatic carbocycles. The van der Waals surface area contributed by atoms with E-state index in [1.807, 2.05) is 6.92 Å². The first kappa shape index (κ1) is 13.9. The van der Waals surface area contributed by atoms with E-state index in [1.54, 1.807) is 0 Å². The molecule has 0 aliphatic carbocycles. The standard InChI is InChI=1S/C11H21N2O2/c1-4-10(13-11(15)5-2)7-6-8-12-9(3)14/h10H,1,4-8H2,2-3H3,(H,12,14)(H,13,15). The average Bonchev–Trinajstić information content (AvgIpc) is 2.21. The van der Waals surface area contributed by atoms with Crippen molar-refractivity contribution in [2.75, 3.05) is 6.54 Å². The summed E-state index contributed by atoms with van der Waals surface area (Å²) in [7, 11) is 0. The maximum absolute atomic E-state index is 11.1. The van der Waals surface area contributed by atoms with Gasteiger partial charge in [-0.05, 0) is 19.3 Å². The number of hydrogen-bond donors (Lipinski definition) is 2. The Labute approximate surface area is 91.8 Å². The van der Waals surface area contributed by atoms with E-state index in [-0.39, 0.29) is 17.9 Å². The summed E-state index contributed by atoms with van der Waals surface area (Å²) in [5.74, 6) is 0.0435. The summed E-state index contributed by atoms with van der Waals surface area (Å²) >= 11 is 0. The van der Waals surface area contributed by atoms with Crippen LogP contribution in [0.3, 0.4) is 0 Å². The van der Waals surface area contributed by atoms with Gasteiger partial charge in [0, 0.05) is 25.9 Å². The molecule has 1 radical (unpaired) electrons. The Morgan fingerprint density at radius 1 is 1.40 bits per heavy atom. The maximum atomic E-state index is 11.1. The third-order valence-electron chi connectivity index (χ3n) is 2.14. The highest BCUT2D eigenvalue weighted by Crippen LogP contribution is 2.01. The summed E-state index contributed by atoms with van der Waals surface area (Å²) in [5.41, 5.74) is 0. The van der Waals surface area contributed by atoms with Crippen LogP contribution in [-0.2, 0) is 9.59 Å². The normalized spacial score (nSPS) is 11.9. The van der Waals surface area contributed by atoms with E-state index in [2.05, 4.69) is 17.6 Å². The fraction of sp³-hybridized carbons (Fsp3) is 0.727. The van der Waals surface area contributed by atoms with Gasteiger partial charge in [-0.25, -0.2) is 0 Å². The Hall–Kier alpha value is -1.06. The molecule has 0 fully saturated rings. The second-order valence-corrected chi connectivity index (χ2v) is 3.53. The molecule has 0 spiro atoms. The lowest BCUT2D eigenvalue weighted by Crippen LogP contribution is -2.34. The Morgan fingerprint density at radius 3 is 2.53 bits per heavy atom. The number of amides is 2. The van der Waals surface area contributed by atoms with Crippen molar-refractivity contribution in [3.8, 4) is 0 Å². The van der Waals surface area contributed by atoms with Crippen LogP contribution in [0.15, 0.2) is 0 Å². The average molecular weight is 213 g/mol. The summed E-state index contributed by atoms with van der Waals surface area (Å²) in [6.07, 6.45) is 2.91. The SMILES string of the molecule is [CH2]CC(CCCNC(C)=O)NC(=O)CC. The molecule has 0 saturated heterocycles. The highest BCUT2D eigenvalue weighted by atomic mass is 16.2. The third kappa shape index (κ3) is 7.97. The van der Waals surface area contributed by atoms with Gasteiger partial charge in [0.05, 0.1) is 0 Å². The minimum absolute atomic E-state index is 0.0150. The number of rotatable bonds is 7. The maximum Gasteiger partial charge on any atom is 0.219 e. The van der Waals surface area contributed by atoms with E-state index in [0.717, 1.165) is 12.8 Å². The summed E-state index contributed by atoms with van der Waals surface area (Å²) in [6.45, 7) is 7.77. The molecule has 0 aromatic rings. The molecule has 1 atom stereocenters. The second kappa shape index (κ2) is 8.26. The molecule has 0 rings (SSSR count). The van der Waals surface area contributed by atoms with Crippen molar-refractivity contribution >= 4 is 11.8 Å². The lowest BCUT2D eigenvalue weighted by molar-refractivity contribution is -0.121. The molecular formula is C11H21N2O2. The van der Waals surface area contributed by atoms with Crippen molar-refractivity contribution in [3.63, 3.8) is 0 Å². The molecule has 1 unspecified atom stereocenters. The van der Waals surface area contributed by atoms with E-state index in [1.165, 1.54) is 6.92 Å². The van der Waals surface area contributed by atoms with Crippen LogP contribution in [0.4, 0.5) is 0 Å². The van der Waals surface area contributed by atoms with Gasteiger partial charge in [-0.2, -0.15) is 0 Å². The van der Waals surface area contributed by atoms with Gasteiger partial charge in [-0.1, -0.05) is 13.8 Å². The van der Waals surface area contributed by atoms with Crippen molar-refractivity contribution < 1.29 is 9.59 Å². The molecule has 0 aliphatic rings. The van der Waals surface area contributed by atoms with Gasteiger partial charge >= 0.3 is 0 Å². The minimum Gasteiger partial charge on any atom is -0.356 e. The van der Waals surface area contributed by atoms with Gasteiger partial charge in [-0.3, -0.25) is 9.59 Å². The number of carbonyl (C=O) groups excluding carboxylic acids is 2. The van der Waals surface area contributed by atoms with Crippen LogP contribution < -0.4 is 10.6 Å². The Balaban J connectivity index is 3.61. The van der Waals surface area contributed by atoms with Crippen LogP contribution >= 0.6 is 0 Å². The molecule has 2 N–H and O–H groups in total. The van der Waals surface area contributed by atoms with Gasteiger partial charge < -0.3 is 10.6 Å². The van der Waals surface area contributed by atoms with E-state index in [4.69, 9.17) is 0 Å². The highest BCUT2D eigenvalue weighted by Gasteiger charge is 2.08. The largest absolute Gasteiger partial charge is 0.356 e. The van der Waals surface area contributed by atoms with Crippen LogP contribution in [0.1, 0.15) is 39.5 Å². The quantitative estimate of drug-likeness (QED) is 0.620. The fourth-order valence-corrected chi connectivity index (χ4v) is 1.23. The van der Waals surface area contributed by atoms with Crippen molar-refractivity contribution in [1.82, 2.24) is 10.6 Å². The number of carbonyl (C=O) groups is 2. The summed E-state index contributed by atoms with van der Waals surface area (Å²) in [4.78, 5) is 21.7. The van der Waals surface area contributed by atoms with Crippen LogP contribution in [0.5, 0.6) is 0 Å². The van der Waals surface area contributed by atoms with Crippen LogP contribution in [-0.4, -0.2) is 24.4 Å². The first-order valence-electron chi connectivity index (χ1n) is 5.43. The van der Waals surface area contributed by atoms with E-state index in [0.29, 0.717) is 19.4 Å². The van der Waals surface area contributed by atoms with E-state index >= 15 is 0 Å². The van der Waals surface area contributed by atoms with Crippen molar-refractivity contribution in [3.05, 3.63) is 6.92 Å². The third-order valence-corrected chi connectivity index (χ3v) is 2.14. The topological polar surface area (TPSA) is 58.2 Å². The summed E-state index contributed by atoms with van der Waals surface area (Å²) in [5, 5.41) is 5.61. The lowest BCUT2D eigenvalue weighted by Gasteiger charge is -2.16. The first-order valence-corrected chi connectivity index (χ1v) is 5.43. The van der Waals surface area contributed by atoms with Crippen molar-refractivity contribution in [2.24, 2.45) is 0 Å². The number of nitrogens with one attached hydrogen (secondary N) is 2. The Morgan fingerprint density at radius 2 is 2.07 bits per heavy atom. The molecule has 0 bridgehead atoms. The van der Waals surface area contributed by atoms with Crippen molar-refractivity contribution in [2.45, 2.75) is 45.6 Å². The molecule has 4 heteroatoms. The van der Waals surface area contributed by atoms with Crippen LogP contribution in [0, 0.1) is 6.92 Å². The molecule has 87 valence electrons. The second-order valence-electron chi connectivity index (χ2n) is 3.53. The summed E-state index contributed by atoms with van der Waals surface area (Å²) < 4.78 is 0. The molecule has 4 nitrogen and oxygen atoms in total. The predicted molar refractivity (Wildman–Crippen MR) is 60.1 cm³/mol. The smallest absolute Gasteiger partial charge is 0.219 e. The Kier molecular flexibility index (Phi) is 7.68. The zero-order valence-corrected chi connectivity index (χ0v) is 9.64. The fourth-order valence-electron chi connectivity index (χ4n) is 1.23. The molecule has 0 saturated carbocycles. The number of hydrogen-bond acceptors (Lipinski definition) is 2. The molecular weight excluding hydrogens is 192 g/mol. The van der Waals surface area contributed by atoms with Crippen molar-refractivity contribution in [1.29, 1.82) is 0 Å². The molecule has 0 aromatic heterocycles. The lowest BCUT2D eigenvalue weighted by atomic mass is 10.1.